The Morgan fingerprint density at radius 2 is 1.67 bits per heavy atom. The third-order valence-electron chi connectivity index (χ3n) is 3.52. The second-order valence-corrected chi connectivity index (χ2v) is 5.91. The molecule has 0 radical (unpaired) electrons. The number of carbonyl (C=O) groups is 1. The molecule has 0 aromatic carbocycles. The molecule has 0 spiro atoms. The number of aryl methyl sites for hydroxylation is 1. The summed E-state index contributed by atoms with van der Waals surface area (Å²) in [6, 6.07) is 3.49. The quantitative estimate of drug-likeness (QED) is 0.482. The number of pyridine rings is 1. The standard InChI is InChI=1S/C17H27ClN2O/c1-4-6-8-10-20(11-9-7-5-2)17(21)15-12-14(3)19-16(18)13-15/h12-13H,4-11H2,1-3H3. The van der Waals surface area contributed by atoms with Crippen molar-refractivity contribution in [3.8, 4) is 0 Å². The molecule has 0 aliphatic rings. The Balaban J connectivity index is 2.76. The molecule has 21 heavy (non-hydrogen) atoms. The van der Waals surface area contributed by atoms with Crippen molar-refractivity contribution in [2.24, 2.45) is 0 Å². The van der Waals surface area contributed by atoms with Gasteiger partial charge in [0, 0.05) is 24.3 Å². The number of aromatic nitrogens is 1. The van der Waals surface area contributed by atoms with Crippen molar-refractivity contribution in [3.05, 3.63) is 28.5 Å². The van der Waals surface area contributed by atoms with Crippen molar-refractivity contribution >= 4 is 17.5 Å². The molecule has 1 aromatic rings. The van der Waals surface area contributed by atoms with Gasteiger partial charge in [0.05, 0.1) is 0 Å². The van der Waals surface area contributed by atoms with Crippen LogP contribution in [0, 0.1) is 6.92 Å². The summed E-state index contributed by atoms with van der Waals surface area (Å²) in [5.74, 6) is 0.0783. The second-order valence-electron chi connectivity index (χ2n) is 5.53. The number of halogens is 1. The Labute approximate surface area is 133 Å². The van der Waals surface area contributed by atoms with Gasteiger partial charge >= 0.3 is 0 Å². The first-order chi connectivity index (χ1) is 10.1. The lowest BCUT2D eigenvalue weighted by Crippen LogP contribution is -2.33. The third-order valence-corrected chi connectivity index (χ3v) is 3.71. The van der Waals surface area contributed by atoms with Crippen molar-refractivity contribution in [3.63, 3.8) is 0 Å². The van der Waals surface area contributed by atoms with E-state index in [0.29, 0.717) is 10.7 Å². The third kappa shape index (κ3) is 6.47. The molecule has 0 bridgehead atoms. The van der Waals surface area contributed by atoms with Crippen LogP contribution < -0.4 is 0 Å². The predicted molar refractivity (Wildman–Crippen MR) is 88.9 cm³/mol. The molecular formula is C17H27ClN2O. The van der Waals surface area contributed by atoms with Crippen LogP contribution in [0.5, 0.6) is 0 Å². The maximum Gasteiger partial charge on any atom is 0.254 e. The van der Waals surface area contributed by atoms with E-state index < -0.39 is 0 Å². The molecule has 1 aromatic heterocycles. The SMILES string of the molecule is CCCCCN(CCCCC)C(=O)c1cc(C)nc(Cl)c1. The lowest BCUT2D eigenvalue weighted by molar-refractivity contribution is 0.0749. The highest BCUT2D eigenvalue weighted by atomic mass is 35.5. The van der Waals surface area contributed by atoms with Crippen LogP contribution >= 0.6 is 11.6 Å². The van der Waals surface area contributed by atoms with E-state index in [2.05, 4.69) is 18.8 Å². The number of carbonyl (C=O) groups excluding carboxylic acids is 1. The van der Waals surface area contributed by atoms with Crippen LogP contribution in [0.4, 0.5) is 0 Å². The zero-order valence-corrected chi connectivity index (χ0v) is 14.2. The van der Waals surface area contributed by atoms with Crippen LogP contribution in [-0.4, -0.2) is 28.9 Å². The Kier molecular flexibility index (Phi) is 8.36. The summed E-state index contributed by atoms with van der Waals surface area (Å²) in [4.78, 5) is 18.8. The van der Waals surface area contributed by atoms with Crippen LogP contribution in [0.1, 0.15) is 68.4 Å². The minimum absolute atomic E-state index is 0.0783. The smallest absolute Gasteiger partial charge is 0.254 e. The van der Waals surface area contributed by atoms with Gasteiger partial charge in [-0.15, -0.1) is 0 Å². The molecule has 3 nitrogen and oxygen atoms in total. The molecule has 1 rings (SSSR count). The Hall–Kier alpha value is -1.09. The van der Waals surface area contributed by atoms with Crippen molar-refractivity contribution in [2.75, 3.05) is 13.1 Å². The molecule has 0 unspecified atom stereocenters. The van der Waals surface area contributed by atoms with Crippen LogP contribution in [0.3, 0.4) is 0 Å². The highest BCUT2D eigenvalue weighted by Gasteiger charge is 2.16. The number of nitrogens with zero attached hydrogens (tertiary/aromatic N) is 2. The number of unbranched alkanes of at least 4 members (excludes halogenated alkanes) is 4. The summed E-state index contributed by atoms with van der Waals surface area (Å²) in [7, 11) is 0. The second kappa shape index (κ2) is 9.78. The van der Waals surface area contributed by atoms with Crippen molar-refractivity contribution in [1.29, 1.82) is 0 Å². The number of hydrogen-bond acceptors (Lipinski definition) is 2. The normalized spacial score (nSPS) is 10.7. The first-order valence-corrected chi connectivity index (χ1v) is 8.39. The predicted octanol–water partition coefficient (Wildman–Crippen LogP) is 4.87. The Morgan fingerprint density at radius 3 is 2.14 bits per heavy atom. The van der Waals surface area contributed by atoms with Crippen LogP contribution in [-0.2, 0) is 0 Å². The molecule has 0 aliphatic heterocycles. The highest BCUT2D eigenvalue weighted by molar-refractivity contribution is 6.29. The van der Waals surface area contributed by atoms with Crippen LogP contribution in [0.25, 0.3) is 0 Å². The topological polar surface area (TPSA) is 33.2 Å². The van der Waals surface area contributed by atoms with Gasteiger partial charge in [-0.1, -0.05) is 51.1 Å². The minimum Gasteiger partial charge on any atom is -0.339 e. The van der Waals surface area contributed by atoms with Crippen molar-refractivity contribution in [2.45, 2.75) is 59.3 Å². The molecule has 0 fully saturated rings. The van der Waals surface area contributed by atoms with E-state index in [1.807, 2.05) is 17.9 Å². The summed E-state index contributed by atoms with van der Waals surface area (Å²) < 4.78 is 0. The van der Waals surface area contributed by atoms with Gasteiger partial charge in [-0.2, -0.15) is 0 Å². The lowest BCUT2D eigenvalue weighted by Gasteiger charge is -2.23. The van der Waals surface area contributed by atoms with Crippen molar-refractivity contribution in [1.82, 2.24) is 9.88 Å². The molecule has 0 N–H and O–H groups in total. The summed E-state index contributed by atoms with van der Waals surface area (Å²) in [6.07, 6.45) is 6.77. The zero-order chi connectivity index (χ0) is 15.7. The number of hydrogen-bond donors (Lipinski definition) is 0. The van der Waals surface area contributed by atoms with E-state index in [9.17, 15) is 4.79 Å². The fourth-order valence-corrected chi connectivity index (χ4v) is 2.61. The molecule has 0 saturated heterocycles. The molecular weight excluding hydrogens is 284 g/mol. The summed E-state index contributed by atoms with van der Waals surface area (Å²) >= 11 is 5.97. The Morgan fingerprint density at radius 1 is 1.10 bits per heavy atom. The first kappa shape index (κ1) is 18.0. The zero-order valence-electron chi connectivity index (χ0n) is 13.5. The first-order valence-electron chi connectivity index (χ1n) is 8.02. The molecule has 0 aliphatic carbocycles. The van der Waals surface area contributed by atoms with Gasteiger partial charge in [0.2, 0.25) is 0 Å². The summed E-state index contributed by atoms with van der Waals surface area (Å²) in [6.45, 7) is 7.87. The van der Waals surface area contributed by atoms with E-state index >= 15 is 0 Å². The van der Waals surface area contributed by atoms with Gasteiger partial charge in [0.1, 0.15) is 5.15 Å². The fraction of sp³-hybridized carbons (Fsp3) is 0.647. The monoisotopic (exact) mass is 310 g/mol. The van der Waals surface area contributed by atoms with E-state index in [1.54, 1.807) is 6.07 Å². The van der Waals surface area contributed by atoms with E-state index in [4.69, 9.17) is 11.6 Å². The molecule has 1 heterocycles. The van der Waals surface area contributed by atoms with Gasteiger partial charge in [0.25, 0.3) is 5.91 Å². The maximum absolute atomic E-state index is 12.7. The van der Waals surface area contributed by atoms with Gasteiger partial charge < -0.3 is 4.90 Å². The molecule has 118 valence electrons. The maximum atomic E-state index is 12.7. The molecule has 4 heteroatoms. The highest BCUT2D eigenvalue weighted by Crippen LogP contribution is 2.14. The molecule has 1 amide bonds. The van der Waals surface area contributed by atoms with E-state index in [-0.39, 0.29) is 5.91 Å². The lowest BCUT2D eigenvalue weighted by atomic mass is 10.1. The molecule has 0 saturated carbocycles. The summed E-state index contributed by atoms with van der Waals surface area (Å²) in [5, 5.41) is 0.389. The fourth-order valence-electron chi connectivity index (χ4n) is 2.35. The van der Waals surface area contributed by atoms with E-state index in [0.717, 1.165) is 57.3 Å². The average Bonchev–Trinajstić information content (AvgIpc) is 2.44. The van der Waals surface area contributed by atoms with Gasteiger partial charge in [-0.3, -0.25) is 4.79 Å². The van der Waals surface area contributed by atoms with Crippen LogP contribution in [0.2, 0.25) is 5.15 Å². The number of rotatable bonds is 9. The minimum atomic E-state index is 0.0783. The van der Waals surface area contributed by atoms with Gasteiger partial charge in [-0.05, 0) is 31.9 Å². The van der Waals surface area contributed by atoms with E-state index in [1.165, 1.54) is 0 Å². The number of amides is 1. The van der Waals surface area contributed by atoms with Crippen molar-refractivity contribution < 1.29 is 4.79 Å². The molecule has 0 atom stereocenters. The van der Waals surface area contributed by atoms with Gasteiger partial charge in [0.15, 0.2) is 0 Å². The largest absolute Gasteiger partial charge is 0.339 e. The van der Waals surface area contributed by atoms with Crippen LogP contribution in [0.15, 0.2) is 12.1 Å². The average molecular weight is 311 g/mol. The Bertz CT molecular complexity index is 418. The van der Waals surface area contributed by atoms with Gasteiger partial charge in [-0.25, -0.2) is 4.98 Å². The summed E-state index contributed by atoms with van der Waals surface area (Å²) in [5.41, 5.74) is 1.44.